The van der Waals surface area contributed by atoms with Gasteiger partial charge in [-0.25, -0.2) is 0 Å². The molecule has 15 heavy (non-hydrogen) atoms. The first-order valence-electron chi connectivity index (χ1n) is 4.39. The standard InChI is InChI=1S/C12H8N2S/c1-9(12-7-14-8-15-12)11-4-2-10(6-13)3-5-11/h2-5,7-8H,1H2. The van der Waals surface area contributed by atoms with E-state index < -0.39 is 0 Å². The summed E-state index contributed by atoms with van der Waals surface area (Å²) in [7, 11) is 0. The molecule has 3 heteroatoms. The number of hydrogen-bond donors (Lipinski definition) is 0. The fourth-order valence-electron chi connectivity index (χ4n) is 1.25. The van der Waals surface area contributed by atoms with E-state index in [4.69, 9.17) is 5.26 Å². The van der Waals surface area contributed by atoms with E-state index in [1.54, 1.807) is 35.2 Å². The van der Waals surface area contributed by atoms with Gasteiger partial charge in [0, 0.05) is 6.20 Å². The van der Waals surface area contributed by atoms with Crippen LogP contribution in [-0.2, 0) is 0 Å². The third-order valence-electron chi connectivity index (χ3n) is 2.09. The Labute approximate surface area is 92.1 Å². The summed E-state index contributed by atoms with van der Waals surface area (Å²) in [6, 6.07) is 9.48. The molecule has 2 rings (SSSR count). The van der Waals surface area contributed by atoms with Gasteiger partial charge in [0.05, 0.1) is 22.0 Å². The van der Waals surface area contributed by atoms with Crippen LogP contribution in [0.4, 0.5) is 0 Å². The fraction of sp³-hybridized carbons (Fsp3) is 0. The van der Waals surface area contributed by atoms with Gasteiger partial charge in [-0.2, -0.15) is 5.26 Å². The first kappa shape index (κ1) is 9.63. The van der Waals surface area contributed by atoms with Crippen molar-refractivity contribution in [2.75, 3.05) is 0 Å². The van der Waals surface area contributed by atoms with Crippen molar-refractivity contribution in [2.45, 2.75) is 0 Å². The molecular weight excluding hydrogens is 204 g/mol. The molecular formula is C12H8N2S. The average Bonchev–Trinajstić information content (AvgIpc) is 2.82. The number of rotatable bonds is 2. The predicted octanol–water partition coefficient (Wildman–Crippen LogP) is 3.08. The fourth-order valence-corrected chi connectivity index (χ4v) is 1.87. The molecule has 0 unspecified atom stereocenters. The highest BCUT2D eigenvalue weighted by Crippen LogP contribution is 2.24. The van der Waals surface area contributed by atoms with Crippen LogP contribution in [0, 0.1) is 11.3 Å². The maximum Gasteiger partial charge on any atom is 0.0991 e. The van der Waals surface area contributed by atoms with Gasteiger partial charge < -0.3 is 0 Å². The molecule has 0 spiro atoms. The van der Waals surface area contributed by atoms with Gasteiger partial charge in [0.2, 0.25) is 0 Å². The Morgan fingerprint density at radius 2 is 2.07 bits per heavy atom. The van der Waals surface area contributed by atoms with E-state index in [0.29, 0.717) is 5.56 Å². The molecule has 0 saturated heterocycles. The van der Waals surface area contributed by atoms with Crippen LogP contribution in [0.2, 0.25) is 0 Å². The Morgan fingerprint density at radius 1 is 1.33 bits per heavy atom. The van der Waals surface area contributed by atoms with Crippen molar-refractivity contribution in [2.24, 2.45) is 0 Å². The van der Waals surface area contributed by atoms with E-state index in [0.717, 1.165) is 16.0 Å². The van der Waals surface area contributed by atoms with Crippen LogP contribution in [0.15, 0.2) is 42.6 Å². The Kier molecular flexibility index (Phi) is 2.61. The van der Waals surface area contributed by atoms with Crippen LogP contribution >= 0.6 is 11.3 Å². The van der Waals surface area contributed by atoms with Crippen molar-refractivity contribution < 1.29 is 0 Å². The molecule has 2 nitrogen and oxygen atoms in total. The summed E-state index contributed by atoms with van der Waals surface area (Å²) in [5, 5.41) is 8.67. The summed E-state index contributed by atoms with van der Waals surface area (Å²) in [5.41, 5.74) is 4.42. The predicted molar refractivity (Wildman–Crippen MR) is 61.4 cm³/mol. The van der Waals surface area contributed by atoms with Crippen LogP contribution in [0.1, 0.15) is 16.0 Å². The second kappa shape index (κ2) is 4.07. The summed E-state index contributed by atoms with van der Waals surface area (Å²) in [4.78, 5) is 5.06. The number of nitrogens with zero attached hydrogens (tertiary/aromatic N) is 2. The zero-order chi connectivity index (χ0) is 10.7. The van der Waals surface area contributed by atoms with Gasteiger partial charge in [0.1, 0.15) is 0 Å². The Hall–Kier alpha value is -1.92. The molecule has 0 amide bonds. The molecule has 0 aliphatic heterocycles. The van der Waals surface area contributed by atoms with E-state index in [1.165, 1.54) is 0 Å². The van der Waals surface area contributed by atoms with Crippen LogP contribution < -0.4 is 0 Å². The highest BCUT2D eigenvalue weighted by molar-refractivity contribution is 7.10. The summed E-state index contributed by atoms with van der Waals surface area (Å²) < 4.78 is 0. The monoisotopic (exact) mass is 212 g/mol. The number of hydrogen-bond acceptors (Lipinski definition) is 3. The van der Waals surface area contributed by atoms with Gasteiger partial charge in [-0.15, -0.1) is 11.3 Å². The lowest BCUT2D eigenvalue weighted by molar-refractivity contribution is 1.41. The SMILES string of the molecule is C=C(c1ccc(C#N)cc1)c1cncs1. The highest BCUT2D eigenvalue weighted by Gasteiger charge is 2.03. The minimum absolute atomic E-state index is 0.663. The molecule has 72 valence electrons. The Bertz CT molecular complexity index is 504. The van der Waals surface area contributed by atoms with Crippen molar-refractivity contribution in [3.05, 3.63) is 58.6 Å². The smallest absolute Gasteiger partial charge is 0.0991 e. The lowest BCUT2D eigenvalue weighted by Crippen LogP contribution is -1.83. The summed E-state index contributed by atoms with van der Waals surface area (Å²) in [6.45, 7) is 4.01. The molecule has 0 aliphatic carbocycles. The van der Waals surface area contributed by atoms with E-state index in [2.05, 4.69) is 17.6 Å². The average molecular weight is 212 g/mol. The third kappa shape index (κ3) is 1.95. The molecule has 2 aromatic rings. The zero-order valence-corrected chi connectivity index (χ0v) is 8.79. The van der Waals surface area contributed by atoms with E-state index in [-0.39, 0.29) is 0 Å². The van der Waals surface area contributed by atoms with Crippen molar-refractivity contribution in [1.29, 1.82) is 5.26 Å². The first-order valence-corrected chi connectivity index (χ1v) is 5.27. The van der Waals surface area contributed by atoms with Gasteiger partial charge in [0.25, 0.3) is 0 Å². The largest absolute Gasteiger partial charge is 0.252 e. The van der Waals surface area contributed by atoms with Crippen molar-refractivity contribution in [1.82, 2.24) is 4.98 Å². The summed E-state index contributed by atoms with van der Waals surface area (Å²) >= 11 is 1.56. The molecule has 0 radical (unpaired) electrons. The minimum Gasteiger partial charge on any atom is -0.252 e. The second-order valence-electron chi connectivity index (χ2n) is 3.03. The minimum atomic E-state index is 0.663. The molecule has 0 N–H and O–H groups in total. The molecule has 0 atom stereocenters. The van der Waals surface area contributed by atoms with Gasteiger partial charge in [-0.05, 0) is 23.3 Å². The molecule has 1 heterocycles. The lowest BCUT2D eigenvalue weighted by Gasteiger charge is -2.01. The first-order chi connectivity index (χ1) is 7.31. The summed E-state index contributed by atoms with van der Waals surface area (Å²) in [6.07, 6.45) is 1.80. The van der Waals surface area contributed by atoms with Gasteiger partial charge >= 0.3 is 0 Å². The van der Waals surface area contributed by atoms with E-state index in [9.17, 15) is 0 Å². The van der Waals surface area contributed by atoms with Gasteiger partial charge in [0.15, 0.2) is 0 Å². The van der Waals surface area contributed by atoms with Crippen LogP contribution in [0.5, 0.6) is 0 Å². The second-order valence-corrected chi connectivity index (χ2v) is 3.92. The topological polar surface area (TPSA) is 36.7 Å². The Balaban J connectivity index is 2.32. The number of nitriles is 1. The van der Waals surface area contributed by atoms with Gasteiger partial charge in [-0.3, -0.25) is 4.98 Å². The van der Waals surface area contributed by atoms with Crippen LogP contribution in [0.25, 0.3) is 5.57 Å². The lowest BCUT2D eigenvalue weighted by atomic mass is 10.1. The summed E-state index contributed by atoms with van der Waals surface area (Å²) in [5.74, 6) is 0. The van der Waals surface area contributed by atoms with Gasteiger partial charge in [-0.1, -0.05) is 18.7 Å². The number of thiazole rings is 1. The molecule has 0 saturated carbocycles. The normalized spacial score (nSPS) is 9.53. The maximum atomic E-state index is 8.67. The number of benzene rings is 1. The van der Waals surface area contributed by atoms with Crippen molar-refractivity contribution in [3.8, 4) is 6.07 Å². The van der Waals surface area contributed by atoms with E-state index in [1.807, 2.05) is 12.1 Å². The highest BCUT2D eigenvalue weighted by atomic mass is 32.1. The van der Waals surface area contributed by atoms with Crippen LogP contribution in [-0.4, -0.2) is 4.98 Å². The quantitative estimate of drug-likeness (QED) is 0.767. The third-order valence-corrected chi connectivity index (χ3v) is 2.93. The van der Waals surface area contributed by atoms with Crippen molar-refractivity contribution in [3.63, 3.8) is 0 Å². The molecule has 0 fully saturated rings. The molecule has 1 aromatic heterocycles. The van der Waals surface area contributed by atoms with Crippen molar-refractivity contribution >= 4 is 16.9 Å². The zero-order valence-electron chi connectivity index (χ0n) is 7.97. The molecule has 0 aliphatic rings. The van der Waals surface area contributed by atoms with Crippen LogP contribution in [0.3, 0.4) is 0 Å². The van der Waals surface area contributed by atoms with E-state index >= 15 is 0 Å². The molecule has 1 aromatic carbocycles. The number of aromatic nitrogens is 1. The maximum absolute atomic E-state index is 8.67. The molecule has 0 bridgehead atoms. The Morgan fingerprint density at radius 3 is 2.60 bits per heavy atom.